The molecule has 19 heavy (non-hydrogen) atoms. The first-order chi connectivity index (χ1) is 9.03. The van der Waals surface area contributed by atoms with Crippen molar-refractivity contribution in [3.63, 3.8) is 0 Å². The fourth-order valence-corrected chi connectivity index (χ4v) is 2.38. The van der Waals surface area contributed by atoms with Gasteiger partial charge in [0, 0.05) is 12.6 Å². The molecule has 1 aromatic rings. The molecule has 0 amide bonds. The van der Waals surface area contributed by atoms with Crippen molar-refractivity contribution in [2.24, 2.45) is 0 Å². The van der Waals surface area contributed by atoms with E-state index in [2.05, 4.69) is 10.1 Å². The minimum atomic E-state index is -4.62. The second-order valence-corrected chi connectivity index (χ2v) is 4.91. The monoisotopic (exact) mass is 273 g/mol. The lowest BCUT2D eigenvalue weighted by atomic mass is 9.95. The summed E-state index contributed by atoms with van der Waals surface area (Å²) in [5.74, 6) is -0.172. The number of halogens is 3. The summed E-state index contributed by atoms with van der Waals surface area (Å²) in [5, 5.41) is 3.44. The Hall–Kier alpha value is -1.23. The van der Waals surface area contributed by atoms with Gasteiger partial charge in [-0.25, -0.2) is 0 Å². The van der Waals surface area contributed by atoms with Gasteiger partial charge >= 0.3 is 6.36 Å². The normalized spacial score (nSPS) is 17.4. The van der Waals surface area contributed by atoms with Crippen LogP contribution in [0.5, 0.6) is 5.75 Å². The molecule has 0 aromatic heterocycles. The minimum Gasteiger partial charge on any atom is -0.406 e. The van der Waals surface area contributed by atoms with Gasteiger partial charge in [0.25, 0.3) is 0 Å². The fourth-order valence-electron chi connectivity index (χ4n) is 2.38. The Kier molecular flexibility index (Phi) is 4.69. The zero-order valence-electron chi connectivity index (χ0n) is 10.7. The molecule has 1 saturated carbocycles. The van der Waals surface area contributed by atoms with Crippen LogP contribution in [0.15, 0.2) is 24.3 Å². The number of nitrogens with one attached hydrogen (secondary N) is 1. The molecule has 0 unspecified atom stereocenters. The Morgan fingerprint density at radius 1 is 1.05 bits per heavy atom. The number of hydrogen-bond acceptors (Lipinski definition) is 2. The summed E-state index contributed by atoms with van der Waals surface area (Å²) < 4.78 is 39.8. The molecule has 0 aliphatic heterocycles. The SMILES string of the molecule is FC(F)(F)Oc1ccc(CNC2CCCCC2)cc1. The van der Waals surface area contributed by atoms with E-state index in [0.717, 1.165) is 5.56 Å². The van der Waals surface area contributed by atoms with E-state index in [4.69, 9.17) is 0 Å². The van der Waals surface area contributed by atoms with Gasteiger partial charge in [0.05, 0.1) is 0 Å². The van der Waals surface area contributed by atoms with Crippen LogP contribution in [0.4, 0.5) is 13.2 Å². The van der Waals surface area contributed by atoms with Gasteiger partial charge in [-0.2, -0.15) is 0 Å². The van der Waals surface area contributed by atoms with Gasteiger partial charge < -0.3 is 10.1 Å². The lowest BCUT2D eigenvalue weighted by Crippen LogP contribution is -2.30. The predicted octanol–water partition coefficient (Wildman–Crippen LogP) is 4.01. The third kappa shape index (κ3) is 5.11. The molecule has 0 bridgehead atoms. The molecule has 1 fully saturated rings. The van der Waals surface area contributed by atoms with Gasteiger partial charge in [-0.3, -0.25) is 0 Å². The number of ether oxygens (including phenoxy) is 1. The molecule has 0 radical (unpaired) electrons. The van der Waals surface area contributed by atoms with Crippen molar-refractivity contribution >= 4 is 0 Å². The van der Waals surface area contributed by atoms with Gasteiger partial charge in [-0.1, -0.05) is 31.4 Å². The molecule has 5 heteroatoms. The number of hydrogen-bond donors (Lipinski definition) is 1. The zero-order valence-corrected chi connectivity index (χ0v) is 10.7. The molecule has 0 heterocycles. The summed E-state index contributed by atoms with van der Waals surface area (Å²) in [7, 11) is 0. The number of benzene rings is 1. The summed E-state index contributed by atoms with van der Waals surface area (Å²) in [4.78, 5) is 0. The van der Waals surface area contributed by atoms with Gasteiger partial charge in [0.1, 0.15) is 5.75 Å². The first-order valence-corrected chi connectivity index (χ1v) is 6.61. The van der Waals surface area contributed by atoms with E-state index >= 15 is 0 Å². The highest BCUT2D eigenvalue weighted by molar-refractivity contribution is 5.27. The van der Waals surface area contributed by atoms with E-state index < -0.39 is 6.36 Å². The molecular formula is C14H18F3NO. The number of rotatable bonds is 4. The maximum Gasteiger partial charge on any atom is 0.573 e. The van der Waals surface area contributed by atoms with E-state index in [0.29, 0.717) is 12.6 Å². The third-order valence-corrected chi connectivity index (χ3v) is 3.36. The van der Waals surface area contributed by atoms with Gasteiger partial charge in [-0.15, -0.1) is 13.2 Å². The van der Waals surface area contributed by atoms with E-state index in [1.807, 2.05) is 0 Å². The average Bonchev–Trinajstić information content (AvgIpc) is 2.37. The van der Waals surface area contributed by atoms with Crippen LogP contribution in [0.2, 0.25) is 0 Å². The highest BCUT2D eigenvalue weighted by Crippen LogP contribution is 2.23. The second kappa shape index (κ2) is 6.28. The first-order valence-electron chi connectivity index (χ1n) is 6.61. The maximum atomic E-state index is 12.0. The van der Waals surface area contributed by atoms with Crippen molar-refractivity contribution in [3.05, 3.63) is 29.8 Å². The van der Waals surface area contributed by atoms with Crippen molar-refractivity contribution in [1.82, 2.24) is 5.32 Å². The minimum absolute atomic E-state index is 0.172. The smallest absolute Gasteiger partial charge is 0.406 e. The quantitative estimate of drug-likeness (QED) is 0.895. The van der Waals surface area contributed by atoms with Crippen LogP contribution >= 0.6 is 0 Å². The molecule has 1 N–H and O–H groups in total. The largest absolute Gasteiger partial charge is 0.573 e. The highest BCUT2D eigenvalue weighted by atomic mass is 19.4. The molecule has 1 aromatic carbocycles. The van der Waals surface area contributed by atoms with Crippen LogP contribution in [0.25, 0.3) is 0 Å². The summed E-state index contributed by atoms with van der Waals surface area (Å²) in [6, 6.07) is 6.57. The maximum absolute atomic E-state index is 12.0. The second-order valence-electron chi connectivity index (χ2n) is 4.91. The van der Waals surface area contributed by atoms with Crippen molar-refractivity contribution in [3.8, 4) is 5.75 Å². The van der Waals surface area contributed by atoms with Crippen LogP contribution in [-0.2, 0) is 6.54 Å². The van der Waals surface area contributed by atoms with Crippen LogP contribution in [0, 0.1) is 0 Å². The average molecular weight is 273 g/mol. The summed E-state index contributed by atoms with van der Waals surface area (Å²) in [6.45, 7) is 0.691. The van der Waals surface area contributed by atoms with Crippen LogP contribution in [0.3, 0.4) is 0 Å². The Morgan fingerprint density at radius 3 is 2.26 bits per heavy atom. The van der Waals surface area contributed by atoms with Crippen molar-refractivity contribution in [2.75, 3.05) is 0 Å². The lowest BCUT2D eigenvalue weighted by molar-refractivity contribution is -0.274. The Morgan fingerprint density at radius 2 is 1.68 bits per heavy atom. The number of alkyl halides is 3. The van der Waals surface area contributed by atoms with Crippen molar-refractivity contribution in [1.29, 1.82) is 0 Å². The molecule has 1 aliphatic carbocycles. The van der Waals surface area contributed by atoms with Gasteiger partial charge in [-0.05, 0) is 30.5 Å². The summed E-state index contributed by atoms with van der Waals surface area (Å²) >= 11 is 0. The third-order valence-electron chi connectivity index (χ3n) is 3.36. The Bertz CT molecular complexity index is 383. The van der Waals surface area contributed by atoms with Gasteiger partial charge in [0.15, 0.2) is 0 Å². The molecule has 2 nitrogen and oxygen atoms in total. The van der Waals surface area contributed by atoms with Gasteiger partial charge in [0.2, 0.25) is 0 Å². The summed E-state index contributed by atoms with van der Waals surface area (Å²) in [6.07, 6.45) is 1.58. The summed E-state index contributed by atoms with van der Waals surface area (Å²) in [5.41, 5.74) is 0.972. The van der Waals surface area contributed by atoms with E-state index in [1.54, 1.807) is 12.1 Å². The van der Waals surface area contributed by atoms with Crippen LogP contribution in [0.1, 0.15) is 37.7 Å². The fraction of sp³-hybridized carbons (Fsp3) is 0.571. The van der Waals surface area contributed by atoms with Crippen LogP contribution < -0.4 is 10.1 Å². The molecule has 1 aliphatic rings. The molecular weight excluding hydrogens is 255 g/mol. The molecule has 0 atom stereocenters. The topological polar surface area (TPSA) is 21.3 Å². The molecule has 2 rings (SSSR count). The van der Waals surface area contributed by atoms with E-state index in [-0.39, 0.29) is 5.75 Å². The Balaban J connectivity index is 1.81. The van der Waals surface area contributed by atoms with Crippen molar-refractivity contribution < 1.29 is 17.9 Å². The predicted molar refractivity (Wildman–Crippen MR) is 66.8 cm³/mol. The molecule has 0 saturated heterocycles. The standard InChI is InChI=1S/C14H18F3NO/c15-14(16,17)19-13-8-6-11(7-9-13)10-18-12-4-2-1-3-5-12/h6-9,12,18H,1-5,10H2. The van der Waals surface area contributed by atoms with E-state index in [9.17, 15) is 13.2 Å². The lowest BCUT2D eigenvalue weighted by Gasteiger charge is -2.22. The highest BCUT2D eigenvalue weighted by Gasteiger charge is 2.30. The molecule has 106 valence electrons. The first kappa shape index (κ1) is 14.2. The Labute approximate surface area is 111 Å². The van der Waals surface area contributed by atoms with E-state index in [1.165, 1.54) is 44.2 Å². The zero-order chi connectivity index (χ0) is 13.7. The van der Waals surface area contributed by atoms with Crippen LogP contribution in [-0.4, -0.2) is 12.4 Å². The van der Waals surface area contributed by atoms with Crippen molar-refractivity contribution in [2.45, 2.75) is 51.1 Å². The molecule has 0 spiro atoms.